The van der Waals surface area contributed by atoms with Gasteiger partial charge in [-0.15, -0.1) is 0 Å². The first-order valence-corrected chi connectivity index (χ1v) is 8.43. The lowest BCUT2D eigenvalue weighted by molar-refractivity contribution is 0.490. The predicted octanol–water partition coefficient (Wildman–Crippen LogP) is 2.64. The van der Waals surface area contributed by atoms with Crippen molar-refractivity contribution in [2.75, 3.05) is 5.32 Å². The lowest BCUT2D eigenvalue weighted by Gasteiger charge is -2.08. The van der Waals surface area contributed by atoms with Crippen LogP contribution in [0.3, 0.4) is 0 Å². The van der Waals surface area contributed by atoms with Crippen molar-refractivity contribution in [2.45, 2.75) is 37.2 Å². The predicted molar refractivity (Wildman–Crippen MR) is 80.6 cm³/mol. The van der Waals surface area contributed by atoms with E-state index in [9.17, 15) is 8.42 Å². The lowest BCUT2D eigenvalue weighted by Crippen LogP contribution is -2.25. The van der Waals surface area contributed by atoms with Crippen LogP contribution in [-0.2, 0) is 16.6 Å². The van der Waals surface area contributed by atoms with E-state index in [-0.39, 0.29) is 6.04 Å². The van der Waals surface area contributed by atoms with E-state index < -0.39 is 10.0 Å². The minimum atomic E-state index is -3.37. The molecule has 1 aromatic carbocycles. The van der Waals surface area contributed by atoms with E-state index in [0.717, 1.165) is 30.0 Å². The first-order valence-electron chi connectivity index (χ1n) is 6.94. The van der Waals surface area contributed by atoms with Gasteiger partial charge in [0, 0.05) is 11.7 Å². The van der Waals surface area contributed by atoms with Crippen molar-refractivity contribution < 1.29 is 12.8 Å². The summed E-state index contributed by atoms with van der Waals surface area (Å²) in [6, 6.07) is 10.7. The van der Waals surface area contributed by atoms with Crippen molar-refractivity contribution in [3.63, 3.8) is 0 Å². The van der Waals surface area contributed by atoms with Crippen LogP contribution < -0.4 is 10.0 Å². The first kappa shape index (κ1) is 14.2. The summed E-state index contributed by atoms with van der Waals surface area (Å²) in [5, 5.41) is 3.20. The summed E-state index contributed by atoms with van der Waals surface area (Å²) >= 11 is 0. The Kier molecular flexibility index (Phi) is 3.73. The van der Waals surface area contributed by atoms with Crippen LogP contribution in [0, 0.1) is 6.92 Å². The fraction of sp³-hybridized carbons (Fsp3) is 0.333. The van der Waals surface area contributed by atoms with Gasteiger partial charge in [0.1, 0.15) is 11.5 Å². The van der Waals surface area contributed by atoms with Gasteiger partial charge in [-0.3, -0.25) is 0 Å². The zero-order chi connectivity index (χ0) is 14.9. The molecule has 0 unspecified atom stereocenters. The third-order valence-corrected chi connectivity index (χ3v) is 4.86. The second kappa shape index (κ2) is 5.54. The molecule has 6 heteroatoms. The summed E-state index contributed by atoms with van der Waals surface area (Å²) in [4.78, 5) is 0.300. The molecule has 0 aliphatic heterocycles. The summed E-state index contributed by atoms with van der Waals surface area (Å²) < 4.78 is 32.2. The Hall–Kier alpha value is -1.79. The minimum absolute atomic E-state index is 0.120. The second-order valence-corrected chi connectivity index (χ2v) is 7.00. The Bertz CT molecular complexity index is 716. The summed E-state index contributed by atoms with van der Waals surface area (Å²) in [5.74, 6) is 1.72. The molecule has 21 heavy (non-hydrogen) atoms. The van der Waals surface area contributed by atoms with Crippen molar-refractivity contribution in [3.05, 3.63) is 47.9 Å². The molecule has 1 aliphatic carbocycles. The Morgan fingerprint density at radius 3 is 2.43 bits per heavy atom. The van der Waals surface area contributed by atoms with Gasteiger partial charge in [-0.25, -0.2) is 13.1 Å². The van der Waals surface area contributed by atoms with Crippen molar-refractivity contribution in [1.82, 2.24) is 4.72 Å². The fourth-order valence-corrected chi connectivity index (χ4v) is 3.31. The molecular formula is C15H18N2O3S. The van der Waals surface area contributed by atoms with Gasteiger partial charge in [-0.1, -0.05) is 0 Å². The first-order chi connectivity index (χ1) is 10.0. The molecule has 1 aliphatic rings. The number of sulfonamides is 1. The maximum Gasteiger partial charge on any atom is 0.240 e. The summed E-state index contributed by atoms with van der Waals surface area (Å²) in [6.45, 7) is 2.47. The van der Waals surface area contributed by atoms with Crippen LogP contribution >= 0.6 is 0 Å². The number of hydrogen-bond acceptors (Lipinski definition) is 4. The molecule has 0 atom stereocenters. The Morgan fingerprint density at radius 2 is 1.86 bits per heavy atom. The molecule has 3 rings (SSSR count). The summed E-state index contributed by atoms with van der Waals surface area (Å²) in [5.41, 5.74) is 0.856. The number of furan rings is 1. The van der Waals surface area contributed by atoms with E-state index in [2.05, 4.69) is 10.0 Å². The molecule has 1 saturated carbocycles. The highest BCUT2D eigenvalue weighted by atomic mass is 32.2. The van der Waals surface area contributed by atoms with E-state index in [1.807, 2.05) is 19.1 Å². The van der Waals surface area contributed by atoms with Crippen molar-refractivity contribution in [1.29, 1.82) is 0 Å². The smallest absolute Gasteiger partial charge is 0.240 e. The van der Waals surface area contributed by atoms with Crippen LogP contribution in [-0.4, -0.2) is 14.5 Å². The highest BCUT2D eigenvalue weighted by Crippen LogP contribution is 2.23. The van der Waals surface area contributed by atoms with Crippen LogP contribution in [0.15, 0.2) is 45.7 Å². The van der Waals surface area contributed by atoms with Gasteiger partial charge < -0.3 is 9.73 Å². The third kappa shape index (κ3) is 3.65. The van der Waals surface area contributed by atoms with Crippen LogP contribution in [0.5, 0.6) is 0 Å². The molecule has 2 N–H and O–H groups in total. The molecule has 1 heterocycles. The Balaban J connectivity index is 1.63. The van der Waals surface area contributed by atoms with E-state index in [0.29, 0.717) is 11.4 Å². The van der Waals surface area contributed by atoms with Crippen molar-refractivity contribution >= 4 is 15.7 Å². The number of benzene rings is 1. The SMILES string of the molecule is Cc1ccc(CNc2ccc(S(=O)(=O)NC3CC3)cc2)o1. The Morgan fingerprint density at radius 1 is 1.14 bits per heavy atom. The zero-order valence-electron chi connectivity index (χ0n) is 11.8. The fourth-order valence-electron chi connectivity index (χ4n) is 2.01. The molecule has 1 fully saturated rings. The summed E-state index contributed by atoms with van der Waals surface area (Å²) in [6.07, 6.45) is 1.86. The lowest BCUT2D eigenvalue weighted by atomic mass is 10.3. The average Bonchev–Trinajstić information content (AvgIpc) is 3.16. The van der Waals surface area contributed by atoms with Gasteiger partial charge in [0.25, 0.3) is 0 Å². The molecule has 112 valence electrons. The quantitative estimate of drug-likeness (QED) is 0.860. The molecule has 0 spiro atoms. The molecular weight excluding hydrogens is 288 g/mol. The molecule has 1 aromatic heterocycles. The molecule has 0 radical (unpaired) electrons. The second-order valence-electron chi connectivity index (χ2n) is 5.29. The maximum atomic E-state index is 12.0. The number of hydrogen-bond donors (Lipinski definition) is 2. The monoisotopic (exact) mass is 306 g/mol. The number of rotatable bonds is 6. The molecule has 0 saturated heterocycles. The largest absolute Gasteiger partial charge is 0.465 e. The van der Waals surface area contributed by atoms with Crippen molar-refractivity contribution in [3.8, 4) is 0 Å². The van der Waals surface area contributed by atoms with Gasteiger partial charge in [0.05, 0.1) is 11.4 Å². The molecule has 5 nitrogen and oxygen atoms in total. The number of nitrogens with one attached hydrogen (secondary N) is 2. The van der Waals surface area contributed by atoms with E-state index in [4.69, 9.17) is 4.42 Å². The average molecular weight is 306 g/mol. The van der Waals surface area contributed by atoms with Crippen LogP contribution in [0.1, 0.15) is 24.4 Å². The number of aryl methyl sites for hydroxylation is 1. The summed E-state index contributed by atoms with van der Waals surface area (Å²) in [7, 11) is -3.37. The zero-order valence-corrected chi connectivity index (χ0v) is 12.6. The van der Waals surface area contributed by atoms with E-state index in [1.165, 1.54) is 0 Å². The van der Waals surface area contributed by atoms with E-state index >= 15 is 0 Å². The highest BCUT2D eigenvalue weighted by Gasteiger charge is 2.27. The standard InChI is InChI=1S/C15H18N2O3S/c1-11-2-7-14(20-11)10-16-12-5-8-15(9-6-12)21(18,19)17-13-3-4-13/h2,5-9,13,16-17H,3-4,10H2,1H3. The van der Waals surface area contributed by atoms with Crippen molar-refractivity contribution in [2.24, 2.45) is 0 Å². The van der Waals surface area contributed by atoms with Crippen LogP contribution in [0.2, 0.25) is 0 Å². The van der Waals surface area contributed by atoms with Crippen LogP contribution in [0.25, 0.3) is 0 Å². The van der Waals surface area contributed by atoms with Crippen LogP contribution in [0.4, 0.5) is 5.69 Å². The molecule has 0 amide bonds. The number of anilines is 1. The topological polar surface area (TPSA) is 71.3 Å². The Labute approximate surface area is 124 Å². The van der Waals surface area contributed by atoms with Gasteiger partial charge in [0.15, 0.2) is 0 Å². The van der Waals surface area contributed by atoms with Gasteiger partial charge in [0.2, 0.25) is 10.0 Å². The van der Waals surface area contributed by atoms with Gasteiger partial charge in [-0.2, -0.15) is 0 Å². The van der Waals surface area contributed by atoms with E-state index in [1.54, 1.807) is 24.3 Å². The van der Waals surface area contributed by atoms with Gasteiger partial charge in [-0.05, 0) is 56.2 Å². The normalized spacial score (nSPS) is 15.1. The third-order valence-electron chi connectivity index (χ3n) is 3.33. The maximum absolute atomic E-state index is 12.0. The van der Waals surface area contributed by atoms with Gasteiger partial charge >= 0.3 is 0 Å². The molecule has 2 aromatic rings. The molecule has 0 bridgehead atoms. The minimum Gasteiger partial charge on any atom is -0.465 e. The highest BCUT2D eigenvalue weighted by molar-refractivity contribution is 7.89.